The van der Waals surface area contributed by atoms with Crippen molar-refractivity contribution in [3.8, 4) is 0 Å². The first kappa shape index (κ1) is 12.5. The van der Waals surface area contributed by atoms with Gasteiger partial charge in [-0.3, -0.25) is 14.9 Å². The first-order valence-electron chi connectivity index (χ1n) is 5.83. The summed E-state index contributed by atoms with van der Waals surface area (Å²) in [5.74, 6) is 0.0248. The SMILES string of the molecule is N[C@H]1CCN(C(=O)Cc2ccc([N+](=O)[O-])cc2)C1. The Kier molecular flexibility index (Phi) is 3.57. The van der Waals surface area contributed by atoms with E-state index < -0.39 is 4.92 Å². The van der Waals surface area contributed by atoms with Crippen LogP contribution in [-0.4, -0.2) is 34.9 Å². The van der Waals surface area contributed by atoms with Gasteiger partial charge in [-0.25, -0.2) is 0 Å². The first-order chi connectivity index (χ1) is 8.56. The Hall–Kier alpha value is -1.95. The lowest BCUT2D eigenvalue weighted by atomic mass is 10.1. The minimum atomic E-state index is -0.453. The zero-order valence-electron chi connectivity index (χ0n) is 9.91. The van der Waals surface area contributed by atoms with Gasteiger partial charge in [-0.15, -0.1) is 0 Å². The highest BCUT2D eigenvalue weighted by molar-refractivity contribution is 5.79. The Morgan fingerprint density at radius 3 is 2.61 bits per heavy atom. The van der Waals surface area contributed by atoms with Crippen molar-refractivity contribution in [1.29, 1.82) is 0 Å². The number of nitrogens with zero attached hydrogens (tertiary/aromatic N) is 2. The largest absolute Gasteiger partial charge is 0.341 e. The van der Waals surface area contributed by atoms with Gasteiger partial charge in [0.25, 0.3) is 5.69 Å². The zero-order valence-corrected chi connectivity index (χ0v) is 9.91. The Morgan fingerprint density at radius 1 is 1.44 bits per heavy atom. The molecule has 1 aliphatic heterocycles. The van der Waals surface area contributed by atoms with E-state index in [0.717, 1.165) is 12.0 Å². The number of amides is 1. The number of hydrogen-bond donors (Lipinski definition) is 1. The second-order valence-corrected chi connectivity index (χ2v) is 4.49. The smallest absolute Gasteiger partial charge is 0.269 e. The minimum absolute atomic E-state index is 0.0248. The van der Waals surface area contributed by atoms with Crippen LogP contribution in [0, 0.1) is 10.1 Å². The van der Waals surface area contributed by atoms with E-state index in [2.05, 4.69) is 0 Å². The van der Waals surface area contributed by atoms with Crippen LogP contribution in [0.15, 0.2) is 24.3 Å². The molecule has 6 heteroatoms. The topological polar surface area (TPSA) is 89.5 Å². The molecule has 1 aromatic carbocycles. The van der Waals surface area contributed by atoms with E-state index in [-0.39, 0.29) is 24.1 Å². The molecule has 0 spiro atoms. The van der Waals surface area contributed by atoms with E-state index in [4.69, 9.17) is 5.73 Å². The molecule has 6 nitrogen and oxygen atoms in total. The van der Waals surface area contributed by atoms with Crippen LogP contribution in [0.2, 0.25) is 0 Å². The lowest BCUT2D eigenvalue weighted by molar-refractivity contribution is -0.384. The molecule has 1 saturated heterocycles. The van der Waals surface area contributed by atoms with Gasteiger partial charge in [0.1, 0.15) is 0 Å². The fraction of sp³-hybridized carbons (Fsp3) is 0.417. The highest BCUT2D eigenvalue weighted by Crippen LogP contribution is 2.14. The number of nitro groups is 1. The van der Waals surface area contributed by atoms with Crippen LogP contribution in [0.25, 0.3) is 0 Å². The van der Waals surface area contributed by atoms with Crippen LogP contribution in [0.3, 0.4) is 0 Å². The molecule has 0 aliphatic carbocycles. The number of rotatable bonds is 3. The van der Waals surface area contributed by atoms with Gasteiger partial charge < -0.3 is 10.6 Å². The van der Waals surface area contributed by atoms with Crippen LogP contribution in [-0.2, 0) is 11.2 Å². The average molecular weight is 249 g/mol. The molecule has 1 atom stereocenters. The quantitative estimate of drug-likeness (QED) is 0.630. The number of hydrogen-bond acceptors (Lipinski definition) is 4. The fourth-order valence-electron chi connectivity index (χ4n) is 2.04. The maximum Gasteiger partial charge on any atom is 0.269 e. The van der Waals surface area contributed by atoms with Crippen molar-refractivity contribution in [3.05, 3.63) is 39.9 Å². The summed E-state index contributed by atoms with van der Waals surface area (Å²) in [5, 5.41) is 10.5. The average Bonchev–Trinajstić information content (AvgIpc) is 2.76. The number of non-ortho nitro benzene ring substituents is 1. The second kappa shape index (κ2) is 5.14. The van der Waals surface area contributed by atoms with Gasteiger partial charge in [0.15, 0.2) is 0 Å². The molecular formula is C12H15N3O3. The normalized spacial score (nSPS) is 18.9. The van der Waals surface area contributed by atoms with Crippen LogP contribution in [0.5, 0.6) is 0 Å². The van der Waals surface area contributed by atoms with Gasteiger partial charge in [-0.05, 0) is 12.0 Å². The third-order valence-corrected chi connectivity index (χ3v) is 3.08. The summed E-state index contributed by atoms with van der Waals surface area (Å²) in [6.07, 6.45) is 1.11. The highest BCUT2D eigenvalue weighted by atomic mass is 16.6. The van der Waals surface area contributed by atoms with Crippen LogP contribution < -0.4 is 5.73 Å². The zero-order chi connectivity index (χ0) is 13.1. The molecule has 2 N–H and O–H groups in total. The molecule has 0 bridgehead atoms. The minimum Gasteiger partial charge on any atom is -0.341 e. The second-order valence-electron chi connectivity index (χ2n) is 4.49. The van der Waals surface area contributed by atoms with Crippen molar-refractivity contribution in [2.75, 3.05) is 13.1 Å². The Labute approximate surface area is 105 Å². The van der Waals surface area contributed by atoms with Crippen molar-refractivity contribution >= 4 is 11.6 Å². The summed E-state index contributed by atoms with van der Waals surface area (Å²) in [6, 6.07) is 6.14. The van der Waals surface area contributed by atoms with Crippen LogP contribution in [0.4, 0.5) is 5.69 Å². The van der Waals surface area contributed by atoms with E-state index in [9.17, 15) is 14.9 Å². The molecular weight excluding hydrogens is 234 g/mol. The summed E-state index contributed by atoms with van der Waals surface area (Å²) in [5.41, 5.74) is 6.56. The van der Waals surface area contributed by atoms with Crippen molar-refractivity contribution in [2.24, 2.45) is 5.73 Å². The molecule has 1 aromatic rings. The summed E-state index contributed by atoms with van der Waals surface area (Å²) in [6.45, 7) is 1.30. The molecule has 2 rings (SSSR count). The molecule has 1 heterocycles. The van der Waals surface area contributed by atoms with Gasteiger partial charge in [0.05, 0.1) is 11.3 Å². The van der Waals surface area contributed by atoms with E-state index in [0.29, 0.717) is 13.1 Å². The number of carbonyl (C=O) groups is 1. The third-order valence-electron chi connectivity index (χ3n) is 3.08. The molecule has 1 amide bonds. The highest BCUT2D eigenvalue weighted by Gasteiger charge is 2.23. The van der Waals surface area contributed by atoms with Gasteiger partial charge >= 0.3 is 0 Å². The lowest BCUT2D eigenvalue weighted by Crippen LogP contribution is -2.32. The summed E-state index contributed by atoms with van der Waals surface area (Å²) >= 11 is 0. The Bertz CT molecular complexity index is 458. The number of likely N-dealkylation sites (tertiary alicyclic amines) is 1. The molecule has 0 saturated carbocycles. The van der Waals surface area contributed by atoms with Gasteiger partial charge in [0, 0.05) is 31.3 Å². The summed E-state index contributed by atoms with van der Waals surface area (Å²) < 4.78 is 0. The summed E-state index contributed by atoms with van der Waals surface area (Å²) in [7, 11) is 0. The van der Waals surface area contributed by atoms with Gasteiger partial charge in [-0.2, -0.15) is 0 Å². The standard InChI is InChI=1S/C12H15N3O3/c13-10-5-6-14(8-10)12(16)7-9-1-3-11(4-2-9)15(17)18/h1-4,10H,5-8,13H2/t10-/m0/s1. The molecule has 1 aliphatic rings. The monoisotopic (exact) mass is 249 g/mol. The van der Waals surface area contributed by atoms with Crippen LogP contribution >= 0.6 is 0 Å². The first-order valence-corrected chi connectivity index (χ1v) is 5.83. The Morgan fingerprint density at radius 2 is 2.11 bits per heavy atom. The molecule has 1 fully saturated rings. The van der Waals surface area contributed by atoms with E-state index >= 15 is 0 Å². The number of carbonyl (C=O) groups excluding carboxylic acids is 1. The lowest BCUT2D eigenvalue weighted by Gasteiger charge is -2.15. The fourth-order valence-corrected chi connectivity index (χ4v) is 2.04. The molecule has 0 unspecified atom stereocenters. The number of nitrogens with two attached hydrogens (primary N) is 1. The molecule has 96 valence electrons. The maximum atomic E-state index is 11.9. The van der Waals surface area contributed by atoms with Crippen molar-refractivity contribution in [3.63, 3.8) is 0 Å². The van der Waals surface area contributed by atoms with Crippen molar-refractivity contribution < 1.29 is 9.72 Å². The van der Waals surface area contributed by atoms with E-state index in [1.54, 1.807) is 17.0 Å². The van der Waals surface area contributed by atoms with E-state index in [1.165, 1.54) is 12.1 Å². The van der Waals surface area contributed by atoms with E-state index in [1.807, 2.05) is 0 Å². The maximum absolute atomic E-state index is 11.9. The van der Waals surface area contributed by atoms with Crippen molar-refractivity contribution in [2.45, 2.75) is 18.9 Å². The Balaban J connectivity index is 1.97. The number of nitro benzene ring substituents is 1. The predicted octanol–water partition coefficient (Wildman–Crippen LogP) is 0.697. The summed E-state index contributed by atoms with van der Waals surface area (Å²) in [4.78, 5) is 23.7. The molecule has 0 aromatic heterocycles. The van der Waals surface area contributed by atoms with Crippen LogP contribution in [0.1, 0.15) is 12.0 Å². The van der Waals surface area contributed by atoms with Crippen molar-refractivity contribution in [1.82, 2.24) is 4.90 Å². The van der Waals surface area contributed by atoms with Gasteiger partial charge in [0.2, 0.25) is 5.91 Å². The van der Waals surface area contributed by atoms with Gasteiger partial charge in [-0.1, -0.05) is 12.1 Å². The molecule has 18 heavy (non-hydrogen) atoms. The predicted molar refractivity (Wildman–Crippen MR) is 66.0 cm³/mol. The third kappa shape index (κ3) is 2.84. The molecule has 0 radical (unpaired) electrons. The number of benzene rings is 1.